The Morgan fingerprint density at radius 1 is 1.42 bits per heavy atom. The highest BCUT2D eigenvalue weighted by atomic mass is 32.1. The van der Waals surface area contributed by atoms with E-state index in [0.29, 0.717) is 31.2 Å². The second kappa shape index (κ2) is 7.43. The fourth-order valence-corrected chi connectivity index (χ4v) is 3.36. The van der Waals surface area contributed by atoms with Gasteiger partial charge in [0.15, 0.2) is 5.82 Å². The van der Waals surface area contributed by atoms with Crippen LogP contribution in [0.2, 0.25) is 0 Å². The van der Waals surface area contributed by atoms with E-state index >= 15 is 0 Å². The summed E-state index contributed by atoms with van der Waals surface area (Å²) in [6, 6.07) is 3.65. The van der Waals surface area contributed by atoms with E-state index in [4.69, 9.17) is 10.3 Å². The van der Waals surface area contributed by atoms with Crippen LogP contribution in [-0.2, 0) is 11.3 Å². The van der Waals surface area contributed by atoms with Gasteiger partial charge in [-0.1, -0.05) is 11.2 Å². The summed E-state index contributed by atoms with van der Waals surface area (Å²) >= 11 is 1.52. The lowest BCUT2D eigenvalue weighted by Crippen LogP contribution is -2.44. The molecule has 24 heavy (non-hydrogen) atoms. The Kier molecular flexibility index (Phi) is 5.09. The molecule has 2 aromatic rings. The van der Waals surface area contributed by atoms with Gasteiger partial charge in [-0.2, -0.15) is 4.98 Å². The van der Waals surface area contributed by atoms with E-state index in [9.17, 15) is 9.59 Å². The number of aromatic nitrogens is 2. The molecule has 128 valence electrons. The maximum Gasteiger partial charge on any atom is 0.317 e. The van der Waals surface area contributed by atoms with Crippen LogP contribution < -0.4 is 11.1 Å². The number of hydrogen-bond donors (Lipinski definition) is 2. The first kappa shape index (κ1) is 16.4. The highest BCUT2D eigenvalue weighted by Gasteiger charge is 2.24. The first-order valence-electron chi connectivity index (χ1n) is 7.79. The Balaban J connectivity index is 1.45. The van der Waals surface area contributed by atoms with Crippen molar-refractivity contribution in [2.45, 2.75) is 25.8 Å². The van der Waals surface area contributed by atoms with Crippen LogP contribution in [0.4, 0.5) is 4.79 Å². The minimum absolute atomic E-state index is 0.157. The third kappa shape index (κ3) is 4.10. The van der Waals surface area contributed by atoms with E-state index < -0.39 is 0 Å². The number of urea groups is 1. The van der Waals surface area contributed by atoms with Gasteiger partial charge >= 0.3 is 6.03 Å². The summed E-state index contributed by atoms with van der Waals surface area (Å²) in [7, 11) is 0. The Hall–Kier alpha value is -2.42. The second-order valence-corrected chi connectivity index (χ2v) is 6.70. The lowest BCUT2D eigenvalue weighted by atomic mass is 9.93. The lowest BCUT2D eigenvalue weighted by Gasteiger charge is -2.31. The molecule has 2 aromatic heterocycles. The summed E-state index contributed by atoms with van der Waals surface area (Å²) in [6.07, 6.45) is 1.98. The first-order valence-corrected chi connectivity index (χ1v) is 8.67. The summed E-state index contributed by atoms with van der Waals surface area (Å²) in [5, 5.41) is 8.60. The molecule has 0 radical (unpaired) electrons. The number of nitrogens with zero attached hydrogens (tertiary/aromatic N) is 3. The Morgan fingerprint density at radius 3 is 2.88 bits per heavy atom. The number of carbonyl (C=O) groups excluding carboxylic acids is 2. The number of piperidine rings is 1. The summed E-state index contributed by atoms with van der Waals surface area (Å²) in [5.41, 5.74) is 5.21. The molecule has 0 spiro atoms. The summed E-state index contributed by atoms with van der Waals surface area (Å²) in [6.45, 7) is 1.46. The molecule has 9 heteroatoms. The van der Waals surface area contributed by atoms with Gasteiger partial charge in [-0.25, -0.2) is 4.79 Å². The molecular formula is C15H19N5O3S. The van der Waals surface area contributed by atoms with Crippen molar-refractivity contribution < 1.29 is 14.1 Å². The monoisotopic (exact) mass is 349 g/mol. The number of nitrogens with one attached hydrogen (secondary N) is 1. The molecule has 0 saturated carbocycles. The van der Waals surface area contributed by atoms with E-state index in [0.717, 1.165) is 17.7 Å². The fourth-order valence-electron chi connectivity index (χ4n) is 2.72. The highest BCUT2D eigenvalue weighted by molar-refractivity contribution is 7.13. The molecular weight excluding hydrogens is 330 g/mol. The molecule has 3 heterocycles. The van der Waals surface area contributed by atoms with Crippen molar-refractivity contribution in [3.63, 3.8) is 0 Å². The van der Waals surface area contributed by atoms with Crippen molar-refractivity contribution in [2.75, 3.05) is 13.1 Å². The standard InChI is InChI=1S/C15H19N5O3S/c16-12(21)8-10-3-5-20(6-4-10)15(22)17-9-13-18-14(23-19-13)11-2-1-7-24-11/h1-2,7,10H,3-6,8-9H2,(H2,16,21)(H,17,22). The van der Waals surface area contributed by atoms with Crippen molar-refractivity contribution in [3.05, 3.63) is 23.3 Å². The average molecular weight is 349 g/mol. The van der Waals surface area contributed by atoms with Crippen molar-refractivity contribution in [1.82, 2.24) is 20.4 Å². The fraction of sp³-hybridized carbons (Fsp3) is 0.467. The van der Waals surface area contributed by atoms with E-state index in [-0.39, 0.29) is 24.4 Å². The number of thiophene rings is 1. The molecule has 1 saturated heterocycles. The molecule has 0 atom stereocenters. The van der Waals surface area contributed by atoms with E-state index in [1.165, 1.54) is 11.3 Å². The number of carbonyl (C=O) groups is 2. The van der Waals surface area contributed by atoms with Crippen molar-refractivity contribution in [1.29, 1.82) is 0 Å². The first-order chi connectivity index (χ1) is 11.6. The van der Waals surface area contributed by atoms with Gasteiger partial charge in [-0.05, 0) is 30.2 Å². The molecule has 1 fully saturated rings. The predicted octanol–water partition coefficient (Wildman–Crippen LogP) is 1.60. The smallest absolute Gasteiger partial charge is 0.317 e. The van der Waals surface area contributed by atoms with E-state index in [1.807, 2.05) is 17.5 Å². The second-order valence-electron chi connectivity index (χ2n) is 5.75. The number of hydrogen-bond acceptors (Lipinski definition) is 6. The predicted molar refractivity (Wildman–Crippen MR) is 88.0 cm³/mol. The third-order valence-electron chi connectivity index (χ3n) is 3.99. The Bertz CT molecular complexity index is 692. The molecule has 3 amide bonds. The number of nitrogens with two attached hydrogens (primary N) is 1. The number of amides is 3. The molecule has 0 bridgehead atoms. The molecule has 0 aliphatic carbocycles. The van der Waals surface area contributed by atoms with Crippen LogP contribution in [0.25, 0.3) is 10.8 Å². The summed E-state index contributed by atoms with van der Waals surface area (Å²) < 4.78 is 5.18. The number of likely N-dealkylation sites (tertiary alicyclic amines) is 1. The third-order valence-corrected chi connectivity index (χ3v) is 4.85. The van der Waals surface area contributed by atoms with Crippen molar-refractivity contribution in [2.24, 2.45) is 11.7 Å². The number of primary amides is 1. The quantitative estimate of drug-likeness (QED) is 0.851. The van der Waals surface area contributed by atoms with Crippen LogP contribution in [0.1, 0.15) is 25.1 Å². The topological polar surface area (TPSA) is 114 Å². The van der Waals surface area contributed by atoms with Crippen LogP contribution in [0.3, 0.4) is 0 Å². The van der Waals surface area contributed by atoms with Gasteiger partial charge in [0.2, 0.25) is 5.91 Å². The number of rotatable bonds is 5. The van der Waals surface area contributed by atoms with Gasteiger partial charge in [0.25, 0.3) is 5.89 Å². The van der Waals surface area contributed by atoms with Crippen LogP contribution in [0.15, 0.2) is 22.0 Å². The van der Waals surface area contributed by atoms with Gasteiger partial charge in [0, 0.05) is 19.5 Å². The zero-order valence-corrected chi connectivity index (χ0v) is 13.9. The zero-order chi connectivity index (χ0) is 16.9. The van der Waals surface area contributed by atoms with Crippen LogP contribution >= 0.6 is 11.3 Å². The minimum atomic E-state index is -0.281. The van der Waals surface area contributed by atoms with Gasteiger partial charge < -0.3 is 20.5 Å². The molecule has 0 unspecified atom stereocenters. The van der Waals surface area contributed by atoms with Crippen LogP contribution in [0, 0.1) is 5.92 Å². The summed E-state index contributed by atoms with van der Waals surface area (Å²) in [5.74, 6) is 0.894. The maximum atomic E-state index is 12.2. The lowest BCUT2D eigenvalue weighted by molar-refractivity contribution is -0.119. The van der Waals surface area contributed by atoms with Crippen molar-refractivity contribution in [3.8, 4) is 10.8 Å². The molecule has 0 aromatic carbocycles. The van der Waals surface area contributed by atoms with E-state index in [1.54, 1.807) is 4.90 Å². The molecule has 3 rings (SSSR count). The normalized spacial score (nSPS) is 15.4. The molecule has 1 aliphatic heterocycles. The highest BCUT2D eigenvalue weighted by Crippen LogP contribution is 2.22. The Labute approximate surface area is 143 Å². The zero-order valence-electron chi connectivity index (χ0n) is 13.1. The SMILES string of the molecule is NC(=O)CC1CCN(C(=O)NCc2noc(-c3cccs3)n2)CC1. The van der Waals surface area contributed by atoms with Crippen LogP contribution in [0.5, 0.6) is 0 Å². The molecule has 8 nitrogen and oxygen atoms in total. The molecule has 1 aliphatic rings. The van der Waals surface area contributed by atoms with E-state index in [2.05, 4.69) is 15.5 Å². The molecule has 3 N–H and O–H groups in total. The van der Waals surface area contributed by atoms with Gasteiger partial charge in [0.1, 0.15) is 0 Å². The largest absolute Gasteiger partial charge is 0.370 e. The minimum Gasteiger partial charge on any atom is -0.370 e. The van der Waals surface area contributed by atoms with Gasteiger partial charge in [-0.15, -0.1) is 11.3 Å². The Morgan fingerprint density at radius 2 is 2.21 bits per heavy atom. The van der Waals surface area contributed by atoms with Crippen LogP contribution in [-0.4, -0.2) is 40.1 Å². The van der Waals surface area contributed by atoms with Gasteiger partial charge in [-0.3, -0.25) is 4.79 Å². The van der Waals surface area contributed by atoms with Gasteiger partial charge in [0.05, 0.1) is 11.4 Å². The average Bonchev–Trinajstić information content (AvgIpc) is 3.24. The van der Waals surface area contributed by atoms with Crippen molar-refractivity contribution >= 4 is 23.3 Å². The summed E-state index contributed by atoms with van der Waals surface area (Å²) in [4.78, 5) is 30.0. The maximum absolute atomic E-state index is 12.2.